The highest BCUT2D eigenvalue weighted by Gasteiger charge is 2.29. The van der Waals surface area contributed by atoms with Crippen molar-refractivity contribution in [3.63, 3.8) is 0 Å². The predicted octanol–water partition coefficient (Wildman–Crippen LogP) is 3.72. The minimum atomic E-state index is -0.610. The third-order valence-corrected chi connectivity index (χ3v) is 7.13. The maximum Gasteiger partial charge on any atom is 0.256 e. The van der Waals surface area contributed by atoms with E-state index in [0.717, 1.165) is 22.5 Å². The summed E-state index contributed by atoms with van der Waals surface area (Å²) in [5, 5.41) is 14.0. The zero-order valence-corrected chi connectivity index (χ0v) is 22.9. The van der Waals surface area contributed by atoms with Gasteiger partial charge in [0.2, 0.25) is 0 Å². The lowest BCUT2D eigenvalue weighted by Gasteiger charge is -2.36. The summed E-state index contributed by atoms with van der Waals surface area (Å²) < 4.78 is 18.4. The smallest absolute Gasteiger partial charge is 0.256 e. The molecule has 1 fully saturated rings. The van der Waals surface area contributed by atoms with Gasteiger partial charge in [-0.25, -0.2) is 9.50 Å². The molecule has 1 aliphatic heterocycles. The first kappa shape index (κ1) is 27.1. The number of piperazine rings is 1. The van der Waals surface area contributed by atoms with Crippen molar-refractivity contribution in [2.24, 2.45) is 0 Å². The van der Waals surface area contributed by atoms with Gasteiger partial charge < -0.3 is 24.0 Å². The highest BCUT2D eigenvalue weighted by Crippen LogP contribution is 2.31. The number of hydrogen-bond donors (Lipinski definition) is 0. The van der Waals surface area contributed by atoms with E-state index in [4.69, 9.17) is 19.2 Å². The van der Waals surface area contributed by atoms with Gasteiger partial charge in [-0.2, -0.15) is 10.4 Å². The number of hydrogen-bond acceptors (Lipinski definition) is 8. The number of methoxy groups -OCH3 is 2. The Labute approximate surface area is 233 Å². The van der Waals surface area contributed by atoms with Gasteiger partial charge in [-0.05, 0) is 30.7 Å². The summed E-state index contributed by atoms with van der Waals surface area (Å²) in [7, 11) is 3.21. The number of carbonyl (C=O) groups is 1. The van der Waals surface area contributed by atoms with Crippen molar-refractivity contribution >= 4 is 17.2 Å². The fourth-order valence-corrected chi connectivity index (χ4v) is 4.82. The van der Waals surface area contributed by atoms with E-state index < -0.39 is 6.10 Å². The summed E-state index contributed by atoms with van der Waals surface area (Å²) in [5.41, 5.74) is 3.67. The van der Waals surface area contributed by atoms with Gasteiger partial charge in [0.15, 0.2) is 6.10 Å². The maximum atomic E-state index is 13.2. The van der Waals surface area contributed by atoms with Crippen LogP contribution in [0.25, 0.3) is 16.6 Å². The van der Waals surface area contributed by atoms with Crippen LogP contribution in [0.1, 0.15) is 24.2 Å². The summed E-state index contributed by atoms with van der Waals surface area (Å²) in [6.45, 7) is 4.80. The summed E-state index contributed by atoms with van der Waals surface area (Å²) in [4.78, 5) is 21.9. The van der Waals surface area contributed by atoms with Gasteiger partial charge >= 0.3 is 0 Å². The van der Waals surface area contributed by atoms with Gasteiger partial charge in [0.1, 0.15) is 24.2 Å². The quantitative estimate of drug-likeness (QED) is 0.316. The topological polar surface area (TPSA) is 105 Å². The van der Waals surface area contributed by atoms with Crippen LogP contribution in [0.5, 0.6) is 5.75 Å². The van der Waals surface area contributed by atoms with Crippen molar-refractivity contribution in [1.82, 2.24) is 19.5 Å². The van der Waals surface area contributed by atoms with Crippen molar-refractivity contribution in [2.75, 3.05) is 51.9 Å². The molecule has 2 atom stereocenters. The van der Waals surface area contributed by atoms with Crippen molar-refractivity contribution in [2.45, 2.75) is 19.1 Å². The number of benzene rings is 1. The van der Waals surface area contributed by atoms with Gasteiger partial charge in [-0.1, -0.05) is 30.3 Å². The molecule has 5 rings (SSSR count). The molecule has 1 saturated heterocycles. The molecule has 1 aromatic carbocycles. The lowest BCUT2D eigenvalue weighted by molar-refractivity contribution is -0.142. The zero-order valence-electron chi connectivity index (χ0n) is 22.9. The van der Waals surface area contributed by atoms with Gasteiger partial charge in [-0.3, -0.25) is 4.79 Å². The second kappa shape index (κ2) is 12.2. The van der Waals surface area contributed by atoms with E-state index >= 15 is 0 Å². The average molecular weight is 541 g/mol. The molecule has 10 nitrogen and oxygen atoms in total. The predicted molar refractivity (Wildman–Crippen MR) is 150 cm³/mol. The first-order chi connectivity index (χ1) is 19.5. The lowest BCUT2D eigenvalue weighted by Crippen LogP contribution is -2.50. The Morgan fingerprint density at radius 2 is 1.82 bits per heavy atom. The molecule has 4 aromatic rings. The van der Waals surface area contributed by atoms with Crippen LogP contribution in [0.15, 0.2) is 67.1 Å². The summed E-state index contributed by atoms with van der Waals surface area (Å²) in [6, 6.07) is 17.6. The lowest BCUT2D eigenvalue weighted by atomic mass is 10.1. The average Bonchev–Trinajstić information content (AvgIpc) is 3.43. The zero-order chi connectivity index (χ0) is 28.1. The fraction of sp³-hybridized carbons (Fsp3) is 0.333. The Morgan fingerprint density at radius 3 is 2.48 bits per heavy atom. The molecule has 0 aliphatic carbocycles. The van der Waals surface area contributed by atoms with Crippen LogP contribution in [0.4, 0.5) is 5.82 Å². The van der Waals surface area contributed by atoms with Gasteiger partial charge in [0, 0.05) is 57.7 Å². The number of fused-ring (bicyclic) bond motifs is 1. The maximum absolute atomic E-state index is 13.2. The minimum absolute atomic E-state index is 0.0308. The third kappa shape index (κ3) is 5.61. The van der Waals surface area contributed by atoms with E-state index in [-0.39, 0.29) is 12.0 Å². The number of nitriles is 1. The molecule has 40 heavy (non-hydrogen) atoms. The fourth-order valence-electron chi connectivity index (χ4n) is 4.82. The molecule has 206 valence electrons. The molecule has 1 amide bonds. The number of nitrogens with zero attached hydrogens (tertiary/aromatic N) is 6. The summed E-state index contributed by atoms with van der Waals surface area (Å²) in [6.07, 6.45) is 4.43. The number of ether oxygens (including phenoxy) is 3. The molecule has 0 saturated carbocycles. The Bertz CT molecular complexity index is 1490. The molecular weight excluding hydrogens is 508 g/mol. The number of aromatic nitrogens is 3. The second-order valence-corrected chi connectivity index (χ2v) is 9.65. The van der Waals surface area contributed by atoms with E-state index in [1.807, 2.05) is 60.4 Å². The first-order valence-corrected chi connectivity index (χ1v) is 13.2. The molecule has 10 heteroatoms. The van der Waals surface area contributed by atoms with Crippen LogP contribution in [-0.2, 0) is 14.3 Å². The van der Waals surface area contributed by atoms with E-state index in [1.165, 1.54) is 0 Å². The molecule has 3 aromatic heterocycles. The number of carbonyl (C=O) groups excluding carboxylic acids is 1. The second-order valence-electron chi connectivity index (χ2n) is 9.65. The van der Waals surface area contributed by atoms with Crippen LogP contribution in [0.3, 0.4) is 0 Å². The highest BCUT2D eigenvalue weighted by atomic mass is 16.5. The van der Waals surface area contributed by atoms with E-state index in [1.54, 1.807) is 37.3 Å². The van der Waals surface area contributed by atoms with Crippen molar-refractivity contribution < 1.29 is 19.0 Å². The van der Waals surface area contributed by atoms with E-state index in [2.05, 4.69) is 16.1 Å². The van der Waals surface area contributed by atoms with Gasteiger partial charge in [0.05, 0.1) is 29.6 Å². The van der Waals surface area contributed by atoms with Crippen LogP contribution in [0.2, 0.25) is 0 Å². The largest absolute Gasteiger partial charge is 0.489 e. The van der Waals surface area contributed by atoms with Crippen LogP contribution < -0.4 is 9.64 Å². The van der Waals surface area contributed by atoms with Crippen molar-refractivity contribution in [3.8, 4) is 22.9 Å². The molecule has 0 bridgehead atoms. The minimum Gasteiger partial charge on any atom is -0.489 e. The third-order valence-electron chi connectivity index (χ3n) is 7.13. The van der Waals surface area contributed by atoms with E-state index in [9.17, 15) is 10.1 Å². The standard InChI is InChI=1S/C30H32N6O4/c1-21(38-2)20-40-25-15-26(28-24(16-31)18-33-36(28)19-25)23-9-10-27(32-17-23)34-11-13-35(14-12-34)30(37)29(39-3)22-7-5-4-6-8-22/h4-10,15,17-19,21,29H,11-14,20H2,1-3H3/t21-,29+/m0/s1. The Morgan fingerprint density at radius 1 is 1.05 bits per heavy atom. The number of pyridine rings is 2. The number of anilines is 1. The Balaban J connectivity index is 1.31. The molecule has 4 heterocycles. The monoisotopic (exact) mass is 540 g/mol. The van der Waals surface area contributed by atoms with Gasteiger partial charge in [0.25, 0.3) is 5.91 Å². The van der Waals surface area contributed by atoms with Crippen LogP contribution in [-0.4, -0.2) is 78.5 Å². The first-order valence-electron chi connectivity index (χ1n) is 13.2. The Kier molecular flexibility index (Phi) is 8.24. The molecule has 0 N–H and O–H groups in total. The summed E-state index contributed by atoms with van der Waals surface area (Å²) >= 11 is 0. The normalized spacial score (nSPS) is 15.1. The molecular formula is C30H32N6O4. The molecule has 0 unspecified atom stereocenters. The van der Waals surface area contributed by atoms with Crippen LogP contribution >= 0.6 is 0 Å². The highest BCUT2D eigenvalue weighted by molar-refractivity contribution is 5.85. The number of amides is 1. The Hall–Kier alpha value is -4.46. The van der Waals surface area contributed by atoms with E-state index in [0.29, 0.717) is 49.6 Å². The molecule has 1 aliphatic rings. The SMILES string of the molecule is CO[C@@H](C)COc1cc(-c2ccc(N3CCN(C(=O)[C@H](OC)c4ccccc4)CC3)nc2)c2c(C#N)cnn2c1. The molecule has 0 radical (unpaired) electrons. The van der Waals surface area contributed by atoms with Crippen molar-refractivity contribution in [3.05, 3.63) is 78.2 Å². The van der Waals surface area contributed by atoms with Crippen LogP contribution in [0, 0.1) is 11.3 Å². The molecule has 0 spiro atoms. The number of rotatable bonds is 9. The van der Waals surface area contributed by atoms with Crippen molar-refractivity contribution in [1.29, 1.82) is 5.26 Å². The summed E-state index contributed by atoms with van der Waals surface area (Å²) in [5.74, 6) is 1.42. The van der Waals surface area contributed by atoms with Gasteiger partial charge in [-0.15, -0.1) is 0 Å².